The largest absolute Gasteiger partial charge is 0.480 e. The smallest absolute Gasteiger partial charge is 0.326 e. The second-order valence-corrected chi connectivity index (χ2v) is 3.64. The van der Waals surface area contributed by atoms with Crippen molar-refractivity contribution in [1.82, 2.24) is 4.90 Å². The van der Waals surface area contributed by atoms with Gasteiger partial charge in [0.05, 0.1) is 0 Å². The molecule has 1 aliphatic rings. The Morgan fingerprint density at radius 1 is 1.53 bits per heavy atom. The number of likely N-dealkylation sites (tertiary alicyclic amines) is 1. The topological polar surface area (TPSA) is 66.8 Å². The first kappa shape index (κ1) is 12.0. The van der Waals surface area contributed by atoms with Crippen LogP contribution in [0.25, 0.3) is 0 Å². The molecule has 1 aliphatic heterocycles. The second-order valence-electron chi connectivity index (χ2n) is 3.64. The van der Waals surface area contributed by atoms with Gasteiger partial charge >= 0.3 is 5.97 Å². The Hall–Kier alpha value is -1.10. The van der Waals surface area contributed by atoms with Crippen LogP contribution in [0.2, 0.25) is 0 Å². The number of rotatable bonds is 5. The van der Waals surface area contributed by atoms with Gasteiger partial charge < -0.3 is 14.7 Å². The lowest BCUT2D eigenvalue weighted by molar-refractivity contribution is -0.150. The quantitative estimate of drug-likeness (QED) is 0.678. The van der Waals surface area contributed by atoms with Gasteiger partial charge in [-0.1, -0.05) is 6.92 Å². The lowest BCUT2D eigenvalue weighted by Crippen LogP contribution is -2.42. The van der Waals surface area contributed by atoms with E-state index in [9.17, 15) is 9.59 Å². The van der Waals surface area contributed by atoms with Crippen LogP contribution in [0.15, 0.2) is 0 Å². The number of carbonyl (C=O) groups excluding carboxylic acids is 1. The van der Waals surface area contributed by atoms with Crippen molar-refractivity contribution in [1.29, 1.82) is 0 Å². The molecule has 0 bridgehead atoms. The molecule has 1 heterocycles. The van der Waals surface area contributed by atoms with Gasteiger partial charge in [-0.3, -0.25) is 4.79 Å². The Morgan fingerprint density at radius 3 is 2.87 bits per heavy atom. The summed E-state index contributed by atoms with van der Waals surface area (Å²) in [5.74, 6) is -1.13. The maximum Gasteiger partial charge on any atom is 0.326 e. The summed E-state index contributed by atoms with van der Waals surface area (Å²) in [6.07, 6.45) is 2.17. The monoisotopic (exact) mass is 215 g/mol. The van der Waals surface area contributed by atoms with Crippen molar-refractivity contribution in [2.24, 2.45) is 0 Å². The van der Waals surface area contributed by atoms with E-state index in [2.05, 4.69) is 0 Å². The van der Waals surface area contributed by atoms with Crippen LogP contribution in [0.5, 0.6) is 0 Å². The van der Waals surface area contributed by atoms with E-state index in [0.29, 0.717) is 19.6 Å². The van der Waals surface area contributed by atoms with Crippen LogP contribution in [0.4, 0.5) is 0 Å². The average Bonchev–Trinajstić information content (AvgIpc) is 2.66. The maximum absolute atomic E-state index is 11.6. The predicted octanol–water partition coefficient (Wildman–Crippen LogP) is 0.489. The minimum Gasteiger partial charge on any atom is -0.480 e. The van der Waals surface area contributed by atoms with Gasteiger partial charge in [0.1, 0.15) is 12.6 Å². The van der Waals surface area contributed by atoms with E-state index in [1.807, 2.05) is 6.92 Å². The van der Waals surface area contributed by atoms with Crippen molar-refractivity contribution >= 4 is 11.9 Å². The molecule has 0 aromatic rings. The van der Waals surface area contributed by atoms with Gasteiger partial charge in [-0.15, -0.1) is 0 Å². The van der Waals surface area contributed by atoms with Crippen LogP contribution in [0.1, 0.15) is 26.2 Å². The van der Waals surface area contributed by atoms with Gasteiger partial charge in [0.2, 0.25) is 5.91 Å². The molecule has 1 amide bonds. The van der Waals surface area contributed by atoms with Crippen molar-refractivity contribution in [3.63, 3.8) is 0 Å². The van der Waals surface area contributed by atoms with E-state index in [0.717, 1.165) is 12.8 Å². The highest BCUT2D eigenvalue weighted by Gasteiger charge is 2.33. The molecule has 1 rings (SSSR count). The molecule has 1 atom stereocenters. The highest BCUT2D eigenvalue weighted by Crippen LogP contribution is 2.17. The minimum atomic E-state index is -0.920. The zero-order valence-corrected chi connectivity index (χ0v) is 8.94. The fraction of sp³-hybridized carbons (Fsp3) is 0.800. The number of carboxylic acids is 1. The maximum atomic E-state index is 11.6. The van der Waals surface area contributed by atoms with E-state index in [4.69, 9.17) is 9.84 Å². The van der Waals surface area contributed by atoms with Gasteiger partial charge in [-0.2, -0.15) is 0 Å². The molecular formula is C10H17NO4. The zero-order chi connectivity index (χ0) is 11.3. The van der Waals surface area contributed by atoms with Crippen LogP contribution >= 0.6 is 0 Å². The van der Waals surface area contributed by atoms with Gasteiger partial charge in [0.15, 0.2) is 0 Å². The molecule has 0 aromatic heterocycles. The normalized spacial score (nSPS) is 20.6. The van der Waals surface area contributed by atoms with E-state index < -0.39 is 12.0 Å². The number of nitrogens with zero attached hydrogens (tertiary/aromatic N) is 1. The third-order valence-corrected chi connectivity index (χ3v) is 2.43. The van der Waals surface area contributed by atoms with Crippen molar-refractivity contribution in [3.8, 4) is 0 Å². The Labute approximate surface area is 89.0 Å². The van der Waals surface area contributed by atoms with E-state index in [1.54, 1.807) is 0 Å². The Kier molecular flexibility index (Phi) is 4.55. The molecule has 0 radical (unpaired) electrons. The molecular weight excluding hydrogens is 198 g/mol. The molecule has 0 unspecified atom stereocenters. The molecule has 0 spiro atoms. The number of aliphatic carboxylic acids is 1. The number of carbonyl (C=O) groups is 2. The van der Waals surface area contributed by atoms with E-state index >= 15 is 0 Å². The van der Waals surface area contributed by atoms with E-state index in [-0.39, 0.29) is 12.5 Å². The number of carboxylic acid groups (broad SMARTS) is 1. The van der Waals surface area contributed by atoms with Crippen molar-refractivity contribution in [2.45, 2.75) is 32.2 Å². The number of ether oxygens (including phenoxy) is 1. The molecule has 1 saturated heterocycles. The Balaban J connectivity index is 2.40. The predicted molar refractivity (Wildman–Crippen MR) is 53.5 cm³/mol. The van der Waals surface area contributed by atoms with E-state index in [1.165, 1.54) is 4.90 Å². The van der Waals surface area contributed by atoms with Crippen LogP contribution in [-0.2, 0) is 14.3 Å². The Bertz CT molecular complexity index is 242. The molecule has 5 heteroatoms. The fourth-order valence-electron chi connectivity index (χ4n) is 1.71. The molecule has 5 nitrogen and oxygen atoms in total. The molecule has 0 aliphatic carbocycles. The summed E-state index contributed by atoms with van der Waals surface area (Å²) in [4.78, 5) is 23.8. The lowest BCUT2D eigenvalue weighted by Gasteiger charge is -2.21. The highest BCUT2D eigenvalue weighted by atomic mass is 16.5. The van der Waals surface area contributed by atoms with Gasteiger partial charge in [-0.05, 0) is 19.3 Å². The molecule has 0 saturated carbocycles. The van der Waals surface area contributed by atoms with Crippen LogP contribution < -0.4 is 0 Å². The number of hydrogen-bond acceptors (Lipinski definition) is 3. The fourth-order valence-corrected chi connectivity index (χ4v) is 1.71. The summed E-state index contributed by atoms with van der Waals surface area (Å²) in [5, 5.41) is 8.87. The van der Waals surface area contributed by atoms with Gasteiger partial charge in [0, 0.05) is 13.2 Å². The van der Waals surface area contributed by atoms with Crippen LogP contribution in [0, 0.1) is 0 Å². The van der Waals surface area contributed by atoms with Gasteiger partial charge in [-0.25, -0.2) is 4.79 Å². The highest BCUT2D eigenvalue weighted by molar-refractivity contribution is 5.84. The van der Waals surface area contributed by atoms with Crippen LogP contribution in [-0.4, -0.2) is 47.7 Å². The summed E-state index contributed by atoms with van der Waals surface area (Å²) < 4.78 is 5.10. The first-order valence-corrected chi connectivity index (χ1v) is 5.26. The third-order valence-electron chi connectivity index (χ3n) is 2.43. The molecule has 1 N–H and O–H groups in total. The second kappa shape index (κ2) is 5.70. The SMILES string of the molecule is CCCOCC(=O)N1CCC[C@H]1C(=O)O. The van der Waals surface area contributed by atoms with Gasteiger partial charge in [0.25, 0.3) is 0 Å². The third kappa shape index (κ3) is 3.20. The van der Waals surface area contributed by atoms with Crippen molar-refractivity contribution in [3.05, 3.63) is 0 Å². The first-order valence-electron chi connectivity index (χ1n) is 5.26. The molecule has 15 heavy (non-hydrogen) atoms. The minimum absolute atomic E-state index is 0.00236. The molecule has 0 aromatic carbocycles. The summed E-state index contributed by atoms with van der Waals surface area (Å²) in [5.41, 5.74) is 0. The number of hydrogen-bond donors (Lipinski definition) is 1. The van der Waals surface area contributed by atoms with Crippen LogP contribution in [0.3, 0.4) is 0 Å². The summed E-state index contributed by atoms with van der Waals surface area (Å²) >= 11 is 0. The van der Waals surface area contributed by atoms with Crippen molar-refractivity contribution < 1.29 is 19.4 Å². The summed E-state index contributed by atoms with van der Waals surface area (Å²) in [6, 6.07) is -0.650. The summed E-state index contributed by atoms with van der Waals surface area (Å²) in [7, 11) is 0. The average molecular weight is 215 g/mol. The Morgan fingerprint density at radius 2 is 2.27 bits per heavy atom. The lowest BCUT2D eigenvalue weighted by atomic mass is 10.2. The zero-order valence-electron chi connectivity index (χ0n) is 8.94. The standard InChI is InChI=1S/C10H17NO4/c1-2-6-15-7-9(12)11-5-3-4-8(11)10(13)14/h8H,2-7H2,1H3,(H,13,14)/t8-/m0/s1. The van der Waals surface area contributed by atoms with Crippen molar-refractivity contribution in [2.75, 3.05) is 19.8 Å². The molecule has 86 valence electrons. The number of amides is 1. The first-order chi connectivity index (χ1) is 7.16. The summed E-state index contributed by atoms with van der Waals surface area (Å²) in [6.45, 7) is 3.03. The molecule has 1 fully saturated rings.